The van der Waals surface area contributed by atoms with Crippen LogP contribution in [-0.2, 0) is 0 Å². The van der Waals surface area contributed by atoms with Gasteiger partial charge in [-0.05, 0) is 40.1 Å². The summed E-state index contributed by atoms with van der Waals surface area (Å²) in [6.45, 7) is 8.20. The summed E-state index contributed by atoms with van der Waals surface area (Å²) >= 11 is 0. The fourth-order valence-electron chi connectivity index (χ4n) is 2.72. The van der Waals surface area contributed by atoms with Gasteiger partial charge in [0, 0.05) is 32.2 Å². The van der Waals surface area contributed by atoms with Crippen LogP contribution in [0.5, 0.6) is 5.75 Å². The van der Waals surface area contributed by atoms with Crippen LogP contribution in [0.25, 0.3) is 0 Å². The van der Waals surface area contributed by atoms with Gasteiger partial charge in [0.2, 0.25) is 0 Å². The van der Waals surface area contributed by atoms with Gasteiger partial charge in [-0.15, -0.1) is 0 Å². The molecule has 0 unspecified atom stereocenters. The minimum absolute atomic E-state index is 0.0815. The van der Waals surface area contributed by atoms with Gasteiger partial charge < -0.3 is 20.3 Å². The van der Waals surface area contributed by atoms with Crippen LogP contribution >= 0.6 is 0 Å². The van der Waals surface area contributed by atoms with E-state index >= 15 is 0 Å². The SMILES string of the molecule is Cc1ccc(O[C@H](C)CNC(=O)NC[C@H]2CN(C)CCN2C)cc1. The second kappa shape index (κ2) is 8.89. The lowest BCUT2D eigenvalue weighted by Crippen LogP contribution is -2.55. The van der Waals surface area contributed by atoms with E-state index in [2.05, 4.69) is 34.5 Å². The van der Waals surface area contributed by atoms with Crippen molar-refractivity contribution in [3.05, 3.63) is 29.8 Å². The van der Waals surface area contributed by atoms with E-state index < -0.39 is 0 Å². The molecule has 2 rings (SSSR count). The first-order valence-electron chi connectivity index (χ1n) is 8.58. The van der Waals surface area contributed by atoms with Crippen LogP contribution in [0.3, 0.4) is 0 Å². The zero-order valence-electron chi connectivity index (χ0n) is 15.2. The van der Waals surface area contributed by atoms with E-state index in [4.69, 9.17) is 4.74 Å². The number of ether oxygens (including phenoxy) is 1. The number of amides is 2. The highest BCUT2D eigenvalue weighted by Gasteiger charge is 2.22. The van der Waals surface area contributed by atoms with Gasteiger partial charge in [-0.3, -0.25) is 4.90 Å². The maximum absolute atomic E-state index is 12.0. The molecular formula is C18H30N4O2. The predicted molar refractivity (Wildman–Crippen MR) is 96.6 cm³/mol. The standard InChI is InChI=1S/C18H30N4O2/c1-14-5-7-17(8-6-14)24-15(2)11-19-18(23)20-12-16-13-21(3)9-10-22(16)4/h5-8,15-16H,9-13H2,1-4H3,(H2,19,20,23)/t15-,16+/m1/s1. The summed E-state index contributed by atoms with van der Waals surface area (Å²) in [5.74, 6) is 0.821. The monoisotopic (exact) mass is 334 g/mol. The maximum atomic E-state index is 12.0. The van der Waals surface area contributed by atoms with Crippen molar-refractivity contribution in [2.45, 2.75) is 26.0 Å². The Morgan fingerprint density at radius 1 is 1.25 bits per heavy atom. The van der Waals surface area contributed by atoms with E-state index in [1.165, 1.54) is 5.56 Å². The minimum Gasteiger partial charge on any atom is -0.489 e. The Bertz CT molecular complexity index is 520. The first kappa shape index (κ1) is 18.5. The molecule has 134 valence electrons. The number of nitrogens with one attached hydrogen (secondary N) is 2. The fraction of sp³-hybridized carbons (Fsp3) is 0.611. The summed E-state index contributed by atoms with van der Waals surface area (Å²) in [6.07, 6.45) is -0.0815. The number of likely N-dealkylation sites (N-methyl/N-ethyl adjacent to an activating group) is 2. The molecule has 0 radical (unpaired) electrons. The number of urea groups is 1. The lowest BCUT2D eigenvalue weighted by atomic mass is 10.2. The van der Waals surface area contributed by atoms with E-state index in [1.54, 1.807) is 0 Å². The Kier molecular flexibility index (Phi) is 6.87. The number of hydrogen-bond acceptors (Lipinski definition) is 4. The van der Waals surface area contributed by atoms with Crippen LogP contribution in [0.2, 0.25) is 0 Å². The highest BCUT2D eigenvalue weighted by atomic mass is 16.5. The van der Waals surface area contributed by atoms with Crippen molar-refractivity contribution < 1.29 is 9.53 Å². The highest BCUT2D eigenvalue weighted by Crippen LogP contribution is 2.12. The molecule has 1 fully saturated rings. The molecule has 1 aromatic rings. The van der Waals surface area contributed by atoms with Gasteiger partial charge in [-0.25, -0.2) is 4.79 Å². The number of aryl methyl sites for hydroxylation is 1. The minimum atomic E-state index is -0.143. The van der Waals surface area contributed by atoms with Crippen LogP contribution in [0, 0.1) is 6.92 Å². The zero-order chi connectivity index (χ0) is 17.5. The van der Waals surface area contributed by atoms with E-state index in [0.29, 0.717) is 19.1 Å². The average Bonchev–Trinajstić information content (AvgIpc) is 2.56. The van der Waals surface area contributed by atoms with Crippen molar-refractivity contribution in [1.29, 1.82) is 0 Å². The largest absolute Gasteiger partial charge is 0.489 e. The number of carbonyl (C=O) groups excluding carboxylic acids is 1. The zero-order valence-corrected chi connectivity index (χ0v) is 15.2. The lowest BCUT2D eigenvalue weighted by molar-refractivity contribution is 0.114. The molecule has 1 aliphatic heterocycles. The molecule has 2 amide bonds. The molecule has 0 saturated carbocycles. The highest BCUT2D eigenvalue weighted by molar-refractivity contribution is 5.73. The summed E-state index contributed by atoms with van der Waals surface area (Å²) in [5.41, 5.74) is 1.20. The van der Waals surface area contributed by atoms with Gasteiger partial charge in [-0.2, -0.15) is 0 Å². The molecule has 1 heterocycles. The number of piperazine rings is 1. The number of hydrogen-bond donors (Lipinski definition) is 2. The van der Waals surface area contributed by atoms with Crippen LogP contribution < -0.4 is 15.4 Å². The number of nitrogens with zero attached hydrogens (tertiary/aromatic N) is 2. The normalized spacial score (nSPS) is 20.4. The smallest absolute Gasteiger partial charge is 0.314 e. The molecule has 0 aliphatic carbocycles. The molecule has 24 heavy (non-hydrogen) atoms. The van der Waals surface area contributed by atoms with E-state index in [-0.39, 0.29) is 12.1 Å². The Morgan fingerprint density at radius 2 is 1.96 bits per heavy atom. The third kappa shape index (κ3) is 6.02. The van der Waals surface area contributed by atoms with Crippen molar-refractivity contribution in [2.75, 3.05) is 46.8 Å². The van der Waals surface area contributed by atoms with Crippen LogP contribution in [-0.4, -0.2) is 74.8 Å². The Hall–Kier alpha value is -1.79. The lowest BCUT2D eigenvalue weighted by Gasteiger charge is -2.37. The first-order valence-corrected chi connectivity index (χ1v) is 8.58. The first-order chi connectivity index (χ1) is 11.4. The molecule has 2 N–H and O–H groups in total. The van der Waals surface area contributed by atoms with Gasteiger partial charge in [0.15, 0.2) is 0 Å². The van der Waals surface area contributed by atoms with Gasteiger partial charge in [0.25, 0.3) is 0 Å². The molecule has 0 spiro atoms. The molecule has 1 aromatic carbocycles. The number of benzene rings is 1. The predicted octanol–water partition coefficient (Wildman–Crippen LogP) is 1.31. The molecule has 0 aromatic heterocycles. The van der Waals surface area contributed by atoms with Crippen molar-refractivity contribution >= 4 is 6.03 Å². The van der Waals surface area contributed by atoms with Crippen molar-refractivity contribution in [2.24, 2.45) is 0 Å². The second-order valence-electron chi connectivity index (χ2n) is 6.73. The summed E-state index contributed by atoms with van der Waals surface area (Å²) in [7, 11) is 4.22. The van der Waals surface area contributed by atoms with Crippen molar-refractivity contribution in [3.8, 4) is 5.75 Å². The molecule has 1 saturated heterocycles. The van der Waals surface area contributed by atoms with Crippen molar-refractivity contribution in [1.82, 2.24) is 20.4 Å². The van der Waals surface area contributed by atoms with Gasteiger partial charge >= 0.3 is 6.03 Å². The van der Waals surface area contributed by atoms with E-state index in [9.17, 15) is 4.79 Å². The average molecular weight is 334 g/mol. The third-order valence-electron chi connectivity index (χ3n) is 4.39. The number of rotatable bonds is 6. The molecule has 2 atom stereocenters. The fourth-order valence-corrected chi connectivity index (χ4v) is 2.72. The van der Waals surface area contributed by atoms with E-state index in [0.717, 1.165) is 25.4 Å². The summed E-state index contributed by atoms with van der Waals surface area (Å²) in [5, 5.41) is 5.83. The third-order valence-corrected chi connectivity index (χ3v) is 4.39. The van der Waals surface area contributed by atoms with Gasteiger partial charge in [-0.1, -0.05) is 17.7 Å². The van der Waals surface area contributed by atoms with Gasteiger partial charge in [0.1, 0.15) is 11.9 Å². The van der Waals surface area contributed by atoms with Crippen LogP contribution in [0.1, 0.15) is 12.5 Å². The number of carbonyl (C=O) groups is 1. The van der Waals surface area contributed by atoms with E-state index in [1.807, 2.05) is 38.1 Å². The molecular weight excluding hydrogens is 304 g/mol. The van der Waals surface area contributed by atoms with Gasteiger partial charge in [0.05, 0.1) is 6.54 Å². The Labute approximate surface area is 145 Å². The van der Waals surface area contributed by atoms with Crippen LogP contribution in [0.4, 0.5) is 4.79 Å². The topological polar surface area (TPSA) is 56.8 Å². The summed E-state index contributed by atoms with van der Waals surface area (Å²) < 4.78 is 5.79. The summed E-state index contributed by atoms with van der Waals surface area (Å²) in [4.78, 5) is 16.6. The Balaban J connectivity index is 1.66. The molecule has 6 heteroatoms. The molecule has 0 bridgehead atoms. The Morgan fingerprint density at radius 3 is 2.67 bits per heavy atom. The quantitative estimate of drug-likeness (QED) is 0.824. The maximum Gasteiger partial charge on any atom is 0.314 e. The van der Waals surface area contributed by atoms with Crippen molar-refractivity contribution in [3.63, 3.8) is 0 Å². The summed E-state index contributed by atoms with van der Waals surface area (Å²) in [6, 6.07) is 8.13. The molecule has 6 nitrogen and oxygen atoms in total. The molecule has 1 aliphatic rings. The second-order valence-corrected chi connectivity index (χ2v) is 6.73. The van der Waals surface area contributed by atoms with Crippen LogP contribution in [0.15, 0.2) is 24.3 Å².